The van der Waals surface area contributed by atoms with Crippen molar-refractivity contribution < 1.29 is 22.9 Å². The maximum Gasteiger partial charge on any atom is 0.288 e. The Morgan fingerprint density at radius 3 is 2.64 bits per heavy atom. The molecule has 4 nitrogen and oxygen atoms in total. The lowest BCUT2D eigenvalue weighted by atomic mass is 10.3. The Balaban J connectivity index is 1.81. The molecule has 2 N–H and O–H groups in total. The van der Waals surface area contributed by atoms with E-state index in [2.05, 4.69) is 5.32 Å². The van der Waals surface area contributed by atoms with Crippen LogP contribution in [0.1, 0.15) is 5.76 Å². The molecule has 7 heteroatoms. The van der Waals surface area contributed by atoms with Gasteiger partial charge in [-0.1, -0.05) is 11.8 Å². The van der Waals surface area contributed by atoms with Crippen molar-refractivity contribution in [2.75, 3.05) is 18.9 Å². The highest BCUT2D eigenvalue weighted by Crippen LogP contribution is 2.26. The van der Waals surface area contributed by atoms with Crippen molar-refractivity contribution in [3.05, 3.63) is 48.4 Å². The average Bonchev–Trinajstić information content (AvgIpc) is 2.93. The summed E-state index contributed by atoms with van der Waals surface area (Å²) in [5.74, 6) is -1.77. The summed E-state index contributed by atoms with van der Waals surface area (Å²) >= 11 is 0.478. The predicted molar refractivity (Wildman–Crippen MR) is 81.1 cm³/mol. The molecule has 0 spiro atoms. The van der Waals surface area contributed by atoms with Crippen LogP contribution in [0.5, 0.6) is 0 Å². The molecule has 1 aromatic carbocycles. The Bertz CT molecular complexity index is 588. The Hall–Kier alpha value is -1.86. The molecule has 0 radical (unpaired) electrons. The topological polar surface area (TPSA) is 46.7 Å². The lowest BCUT2D eigenvalue weighted by Gasteiger charge is -2.12. The first-order valence-electron chi connectivity index (χ1n) is 6.71. The van der Waals surface area contributed by atoms with Gasteiger partial charge >= 0.3 is 0 Å². The molecule has 1 atom stereocenters. The minimum absolute atomic E-state index is 0.140. The third-order valence-corrected chi connectivity index (χ3v) is 3.60. The Morgan fingerprint density at radius 2 is 2.05 bits per heavy atom. The van der Waals surface area contributed by atoms with Crippen LogP contribution >= 0.6 is 11.8 Å². The molecule has 118 valence electrons. The smallest absolute Gasteiger partial charge is 0.288 e. The summed E-state index contributed by atoms with van der Waals surface area (Å²) in [6, 6.07) is 10.0. The largest absolute Gasteiger partial charge is 0.463 e. The van der Waals surface area contributed by atoms with Gasteiger partial charge in [-0.05, 0) is 36.4 Å². The number of thioether (sulfide) groups is 1. The van der Waals surface area contributed by atoms with E-state index < -0.39 is 5.76 Å². The van der Waals surface area contributed by atoms with E-state index in [1.54, 1.807) is 30.5 Å². The van der Waals surface area contributed by atoms with Crippen LogP contribution in [0.4, 0.5) is 14.5 Å². The number of alkyl halides is 2. The zero-order valence-electron chi connectivity index (χ0n) is 12.0. The van der Waals surface area contributed by atoms with Gasteiger partial charge in [-0.2, -0.15) is 8.78 Å². The van der Waals surface area contributed by atoms with Gasteiger partial charge < -0.3 is 14.6 Å². The maximum atomic E-state index is 12.2. The second-order valence-electron chi connectivity index (χ2n) is 4.84. The third kappa shape index (κ3) is 5.50. The number of rotatable bonds is 7. The fourth-order valence-corrected chi connectivity index (χ4v) is 2.47. The number of halogens is 2. The first-order valence-corrected chi connectivity index (χ1v) is 7.59. The van der Waals surface area contributed by atoms with Crippen LogP contribution in [-0.2, 0) is 11.3 Å². The number of hydrogen-bond acceptors (Lipinski definition) is 3. The summed E-state index contributed by atoms with van der Waals surface area (Å²) < 4.78 is 29.7. The third-order valence-electron chi connectivity index (χ3n) is 2.88. The molecule has 0 fully saturated rings. The highest BCUT2D eigenvalue weighted by Gasteiger charge is 2.12. The van der Waals surface area contributed by atoms with Crippen molar-refractivity contribution in [2.45, 2.75) is 17.2 Å². The summed E-state index contributed by atoms with van der Waals surface area (Å²) in [7, 11) is 1.89. The first kappa shape index (κ1) is 16.5. The predicted octanol–water partition coefficient (Wildman–Crippen LogP) is 2.25. The molecule has 0 saturated carbocycles. The monoisotopic (exact) mass is 327 g/mol. The fourth-order valence-electron chi connectivity index (χ4n) is 1.97. The number of likely N-dealkylation sites (N-methyl/N-ethyl adjacent to an activating group) is 1. The van der Waals surface area contributed by atoms with Crippen LogP contribution in [0.2, 0.25) is 0 Å². The summed E-state index contributed by atoms with van der Waals surface area (Å²) in [6.07, 6.45) is 1.60. The van der Waals surface area contributed by atoms with Crippen molar-refractivity contribution in [3.63, 3.8) is 0 Å². The van der Waals surface area contributed by atoms with Crippen molar-refractivity contribution in [2.24, 2.45) is 0 Å². The van der Waals surface area contributed by atoms with E-state index in [0.29, 0.717) is 28.9 Å². The lowest BCUT2D eigenvalue weighted by molar-refractivity contribution is -0.886. The first-order chi connectivity index (χ1) is 10.5. The van der Waals surface area contributed by atoms with Crippen LogP contribution in [0, 0.1) is 0 Å². The quantitative estimate of drug-likeness (QED) is 0.767. The average molecular weight is 327 g/mol. The van der Waals surface area contributed by atoms with E-state index in [-0.39, 0.29) is 12.5 Å². The van der Waals surface area contributed by atoms with E-state index in [4.69, 9.17) is 4.42 Å². The molecule has 0 bridgehead atoms. The van der Waals surface area contributed by atoms with Crippen LogP contribution in [0.3, 0.4) is 0 Å². The molecule has 1 heterocycles. The SMILES string of the molecule is C[NH+](CC(=O)Nc1ccc(SC(F)F)cc1)Cc1ccco1. The molecule has 1 aromatic heterocycles. The summed E-state index contributed by atoms with van der Waals surface area (Å²) in [6.45, 7) is 0.901. The van der Waals surface area contributed by atoms with Gasteiger partial charge in [0, 0.05) is 10.6 Å². The van der Waals surface area contributed by atoms with Crippen LogP contribution < -0.4 is 10.2 Å². The summed E-state index contributed by atoms with van der Waals surface area (Å²) in [5.41, 5.74) is 0.592. The van der Waals surface area contributed by atoms with Gasteiger partial charge in [0.05, 0.1) is 13.3 Å². The van der Waals surface area contributed by atoms with E-state index >= 15 is 0 Å². The lowest BCUT2D eigenvalue weighted by Crippen LogP contribution is -3.08. The van der Waals surface area contributed by atoms with Crippen LogP contribution in [0.15, 0.2) is 52.0 Å². The van der Waals surface area contributed by atoms with Gasteiger partial charge in [-0.15, -0.1) is 0 Å². The molecule has 0 aliphatic rings. The number of carbonyl (C=O) groups excluding carboxylic acids is 1. The van der Waals surface area contributed by atoms with Gasteiger partial charge in [-0.3, -0.25) is 4.79 Å². The Morgan fingerprint density at radius 1 is 1.32 bits per heavy atom. The summed E-state index contributed by atoms with van der Waals surface area (Å²) in [4.78, 5) is 13.4. The van der Waals surface area contributed by atoms with Gasteiger partial charge in [0.15, 0.2) is 12.3 Å². The molecule has 1 amide bonds. The van der Waals surface area contributed by atoms with Gasteiger partial charge in [0.2, 0.25) is 0 Å². The highest BCUT2D eigenvalue weighted by molar-refractivity contribution is 7.99. The zero-order valence-corrected chi connectivity index (χ0v) is 12.8. The summed E-state index contributed by atoms with van der Waals surface area (Å²) in [5, 5.41) is 2.75. The molecule has 0 saturated heterocycles. The standard InChI is InChI=1S/C15H16F2N2O2S/c1-19(9-12-3-2-8-21-12)10-14(20)18-11-4-6-13(7-5-11)22-15(16)17/h2-8,15H,9-10H2,1H3,(H,18,20)/p+1. The molecule has 1 unspecified atom stereocenters. The van der Waals surface area contributed by atoms with E-state index in [1.807, 2.05) is 19.2 Å². The number of benzene rings is 1. The van der Waals surface area contributed by atoms with Gasteiger partial charge in [0.1, 0.15) is 6.54 Å². The van der Waals surface area contributed by atoms with Crippen molar-refractivity contribution >= 4 is 23.4 Å². The Kier molecular flexibility index (Phi) is 5.97. The number of nitrogens with one attached hydrogen (secondary N) is 2. The van der Waals surface area contributed by atoms with Crippen LogP contribution in [0.25, 0.3) is 0 Å². The van der Waals surface area contributed by atoms with E-state index in [1.165, 1.54) is 0 Å². The molecule has 2 rings (SSSR count). The molecule has 2 aromatic rings. The molecule has 0 aliphatic carbocycles. The van der Waals surface area contributed by atoms with Crippen LogP contribution in [-0.4, -0.2) is 25.3 Å². The highest BCUT2D eigenvalue weighted by atomic mass is 32.2. The molecular formula is C15H17F2N2O2S+. The minimum Gasteiger partial charge on any atom is -0.463 e. The second kappa shape index (κ2) is 7.95. The molecule has 22 heavy (non-hydrogen) atoms. The fraction of sp³-hybridized carbons (Fsp3) is 0.267. The van der Waals surface area contributed by atoms with E-state index in [9.17, 15) is 13.6 Å². The van der Waals surface area contributed by atoms with Crippen molar-refractivity contribution in [3.8, 4) is 0 Å². The molecular weight excluding hydrogens is 310 g/mol. The second-order valence-corrected chi connectivity index (χ2v) is 5.90. The molecule has 0 aliphatic heterocycles. The number of amides is 1. The van der Waals surface area contributed by atoms with E-state index in [0.717, 1.165) is 10.7 Å². The number of quaternary nitrogens is 1. The van der Waals surface area contributed by atoms with Crippen molar-refractivity contribution in [1.29, 1.82) is 0 Å². The van der Waals surface area contributed by atoms with Crippen molar-refractivity contribution in [1.82, 2.24) is 0 Å². The van der Waals surface area contributed by atoms with Gasteiger partial charge in [0.25, 0.3) is 11.7 Å². The number of furan rings is 1. The minimum atomic E-state index is -2.45. The zero-order chi connectivity index (χ0) is 15.9. The number of hydrogen-bond donors (Lipinski definition) is 2. The maximum absolute atomic E-state index is 12.2. The Labute approximate surface area is 131 Å². The normalized spacial score (nSPS) is 12.4. The number of anilines is 1. The van der Waals surface area contributed by atoms with Gasteiger partial charge in [-0.25, -0.2) is 0 Å². The number of carbonyl (C=O) groups is 1.